The molecule has 0 unspecified atom stereocenters. The van der Waals surface area contributed by atoms with Gasteiger partial charge in [-0.1, -0.05) is 55.4 Å². The molecule has 0 aliphatic rings. The van der Waals surface area contributed by atoms with Crippen LogP contribution in [0.4, 0.5) is 4.39 Å². The van der Waals surface area contributed by atoms with E-state index < -0.39 is 11.8 Å². The topological polar surface area (TPSA) is 61.2 Å². The first-order valence-corrected chi connectivity index (χ1v) is 11.3. The van der Waals surface area contributed by atoms with E-state index in [1.165, 1.54) is 23.7 Å². The zero-order chi connectivity index (χ0) is 25.1. The monoisotopic (exact) mass is 488 g/mol. The predicted molar refractivity (Wildman–Crippen MR) is 136 cm³/mol. The van der Waals surface area contributed by atoms with Crippen LogP contribution in [0.5, 0.6) is 5.75 Å². The first-order valence-electron chi connectivity index (χ1n) is 10.9. The molecule has 0 aliphatic heterocycles. The highest BCUT2D eigenvalue weighted by Gasteiger charge is 2.20. The van der Waals surface area contributed by atoms with Crippen molar-refractivity contribution in [1.29, 1.82) is 0 Å². The summed E-state index contributed by atoms with van der Waals surface area (Å²) in [6, 6.07) is 17.0. The van der Waals surface area contributed by atoms with Crippen molar-refractivity contribution in [3.63, 3.8) is 0 Å². The fourth-order valence-electron chi connectivity index (χ4n) is 4.08. The number of esters is 1. The van der Waals surface area contributed by atoms with Crippen molar-refractivity contribution in [1.82, 2.24) is 9.78 Å². The third-order valence-corrected chi connectivity index (χ3v) is 5.91. The number of benzene rings is 3. The number of hydrogen-bond acceptors (Lipinski definition) is 4. The lowest BCUT2D eigenvalue weighted by Crippen LogP contribution is -2.07. The van der Waals surface area contributed by atoms with Crippen molar-refractivity contribution in [2.75, 3.05) is 0 Å². The lowest BCUT2D eigenvalue weighted by atomic mass is 9.87. The van der Waals surface area contributed by atoms with Crippen LogP contribution < -0.4 is 4.74 Å². The van der Waals surface area contributed by atoms with E-state index in [2.05, 4.69) is 11.7 Å². The molecule has 5 nitrogen and oxygen atoms in total. The van der Waals surface area contributed by atoms with E-state index in [1.807, 2.05) is 37.3 Å². The van der Waals surface area contributed by atoms with Crippen molar-refractivity contribution in [3.05, 3.63) is 107 Å². The van der Waals surface area contributed by atoms with Gasteiger partial charge in [0, 0.05) is 23.9 Å². The summed E-state index contributed by atoms with van der Waals surface area (Å²) >= 11 is 6.48. The van der Waals surface area contributed by atoms with Gasteiger partial charge in [-0.15, -0.1) is 0 Å². The second-order valence-corrected chi connectivity index (χ2v) is 8.21. The lowest BCUT2D eigenvalue weighted by Gasteiger charge is -2.19. The van der Waals surface area contributed by atoms with Crippen LogP contribution in [-0.4, -0.2) is 21.7 Å². The van der Waals surface area contributed by atoms with Crippen LogP contribution in [0.1, 0.15) is 41.8 Å². The number of carbonyl (C=O) groups is 2. The number of para-hydroxylation sites is 1. The van der Waals surface area contributed by atoms with Gasteiger partial charge in [0.15, 0.2) is 0 Å². The molecule has 0 spiro atoms. The van der Waals surface area contributed by atoms with Gasteiger partial charge < -0.3 is 4.74 Å². The van der Waals surface area contributed by atoms with Gasteiger partial charge in [0.2, 0.25) is 5.91 Å². The number of allylic oxidation sites excluding steroid dienone is 1. The Labute approximate surface area is 207 Å². The minimum absolute atomic E-state index is 0.197. The molecule has 0 fully saturated rings. The lowest BCUT2D eigenvalue weighted by molar-refractivity contribution is -0.128. The smallest absolute Gasteiger partial charge is 0.335 e. The summed E-state index contributed by atoms with van der Waals surface area (Å²) in [5.74, 6) is -0.879. The number of hydrogen-bond donors (Lipinski definition) is 0. The second kappa shape index (κ2) is 10.1. The standard InChI is InChI=1S/C28H22ClFN2O3/c1-4-21(22-12-11-20(30)15-24(22)29)28(23-8-6-7-9-26(23)35-27(34)5-2)18-10-13-25-19(14-18)16-31-32(25)17(3)33/h5-16H,2,4H2,1,3H3/b28-21+. The van der Waals surface area contributed by atoms with Crippen LogP contribution >= 0.6 is 11.6 Å². The van der Waals surface area contributed by atoms with Gasteiger partial charge in [-0.3, -0.25) is 4.79 Å². The molecule has 7 heteroatoms. The van der Waals surface area contributed by atoms with Crippen LogP contribution in [0.15, 0.2) is 79.5 Å². The summed E-state index contributed by atoms with van der Waals surface area (Å²) in [6.45, 7) is 6.90. The first kappa shape index (κ1) is 24.1. The molecule has 0 saturated heterocycles. The van der Waals surface area contributed by atoms with Crippen molar-refractivity contribution in [2.45, 2.75) is 20.3 Å². The highest BCUT2D eigenvalue weighted by Crippen LogP contribution is 2.41. The number of halogens is 2. The highest BCUT2D eigenvalue weighted by atomic mass is 35.5. The summed E-state index contributed by atoms with van der Waals surface area (Å²) in [5, 5.41) is 5.22. The normalized spacial score (nSPS) is 11.8. The first-order chi connectivity index (χ1) is 16.8. The van der Waals surface area contributed by atoms with Crippen LogP contribution in [0.3, 0.4) is 0 Å². The third kappa shape index (κ3) is 4.79. The van der Waals surface area contributed by atoms with Crippen LogP contribution in [0, 0.1) is 5.82 Å². The molecule has 3 aromatic carbocycles. The highest BCUT2D eigenvalue weighted by molar-refractivity contribution is 6.32. The molecule has 1 aromatic heterocycles. The quantitative estimate of drug-likeness (QED) is 0.127. The van der Waals surface area contributed by atoms with Gasteiger partial charge in [0.25, 0.3) is 0 Å². The van der Waals surface area contributed by atoms with Gasteiger partial charge in [-0.05, 0) is 59.0 Å². The van der Waals surface area contributed by atoms with Crippen molar-refractivity contribution < 1.29 is 18.7 Å². The Balaban J connectivity index is 2.05. The van der Waals surface area contributed by atoms with E-state index in [1.54, 1.807) is 24.4 Å². The Morgan fingerprint density at radius 2 is 1.89 bits per heavy atom. The van der Waals surface area contributed by atoms with Crippen LogP contribution in [-0.2, 0) is 4.79 Å². The molecule has 4 rings (SSSR count). The summed E-state index contributed by atoms with van der Waals surface area (Å²) < 4.78 is 20.7. The number of aromatic nitrogens is 2. The molecule has 0 aliphatic carbocycles. The molecular formula is C28H22ClFN2O3. The van der Waals surface area contributed by atoms with E-state index in [-0.39, 0.29) is 10.9 Å². The molecule has 176 valence electrons. The SMILES string of the molecule is C=CC(=O)Oc1ccccc1/C(=C(\CC)c1ccc(F)cc1Cl)c1ccc2c(cnn2C(C)=O)c1. The van der Waals surface area contributed by atoms with Gasteiger partial charge in [-0.2, -0.15) is 5.10 Å². The van der Waals surface area contributed by atoms with Gasteiger partial charge >= 0.3 is 5.97 Å². The zero-order valence-electron chi connectivity index (χ0n) is 19.2. The molecule has 0 bridgehead atoms. The largest absolute Gasteiger partial charge is 0.423 e. The molecular weight excluding hydrogens is 467 g/mol. The Morgan fingerprint density at radius 3 is 2.57 bits per heavy atom. The number of carbonyl (C=O) groups excluding carboxylic acids is 2. The third-order valence-electron chi connectivity index (χ3n) is 5.60. The Hall–Kier alpha value is -4.03. The molecule has 0 N–H and O–H groups in total. The van der Waals surface area contributed by atoms with Gasteiger partial charge in [-0.25, -0.2) is 13.9 Å². The minimum Gasteiger partial charge on any atom is -0.423 e. The summed E-state index contributed by atoms with van der Waals surface area (Å²) in [6.07, 6.45) is 3.27. The van der Waals surface area contributed by atoms with Gasteiger partial charge in [0.05, 0.1) is 16.7 Å². The fourth-order valence-corrected chi connectivity index (χ4v) is 4.36. The van der Waals surface area contributed by atoms with Crippen LogP contribution in [0.25, 0.3) is 22.0 Å². The summed E-state index contributed by atoms with van der Waals surface area (Å²) in [5.41, 5.74) is 4.36. The second-order valence-electron chi connectivity index (χ2n) is 7.80. The summed E-state index contributed by atoms with van der Waals surface area (Å²) in [4.78, 5) is 24.0. The molecule has 35 heavy (non-hydrogen) atoms. The number of ether oxygens (including phenoxy) is 1. The Morgan fingerprint density at radius 1 is 1.11 bits per heavy atom. The van der Waals surface area contributed by atoms with E-state index in [0.29, 0.717) is 28.8 Å². The van der Waals surface area contributed by atoms with E-state index in [9.17, 15) is 14.0 Å². The zero-order valence-corrected chi connectivity index (χ0v) is 20.0. The van der Waals surface area contributed by atoms with Crippen molar-refractivity contribution in [2.24, 2.45) is 0 Å². The van der Waals surface area contributed by atoms with Gasteiger partial charge in [0.1, 0.15) is 11.6 Å². The molecule has 0 amide bonds. The van der Waals surface area contributed by atoms with Crippen molar-refractivity contribution >= 4 is 45.5 Å². The van der Waals surface area contributed by atoms with E-state index >= 15 is 0 Å². The van der Waals surface area contributed by atoms with Crippen LogP contribution in [0.2, 0.25) is 5.02 Å². The maximum atomic E-state index is 13.8. The number of fused-ring (bicyclic) bond motifs is 1. The average molecular weight is 489 g/mol. The molecule has 1 heterocycles. The average Bonchev–Trinajstić information content (AvgIpc) is 3.27. The Bertz CT molecular complexity index is 1500. The molecule has 0 radical (unpaired) electrons. The predicted octanol–water partition coefficient (Wildman–Crippen LogP) is 6.95. The molecule has 0 saturated carbocycles. The minimum atomic E-state index is -0.590. The number of nitrogens with zero attached hydrogens (tertiary/aromatic N) is 2. The fraction of sp³-hybridized carbons (Fsp3) is 0.107. The maximum Gasteiger partial charge on any atom is 0.335 e. The molecule has 0 atom stereocenters. The number of rotatable bonds is 6. The molecule has 4 aromatic rings. The maximum absolute atomic E-state index is 13.8. The summed E-state index contributed by atoms with van der Waals surface area (Å²) in [7, 11) is 0. The van der Waals surface area contributed by atoms with Crippen molar-refractivity contribution in [3.8, 4) is 5.75 Å². The van der Waals surface area contributed by atoms with E-state index in [0.717, 1.165) is 28.2 Å². The van der Waals surface area contributed by atoms with E-state index in [4.69, 9.17) is 16.3 Å². The Kier molecular flexibility index (Phi) is 6.94.